The second kappa shape index (κ2) is 12.6. The number of hydrogen-bond donors (Lipinski definition) is 0. The molecule has 1 aliphatic rings. The summed E-state index contributed by atoms with van der Waals surface area (Å²) in [5.74, 6) is -0.836. The molecule has 0 bridgehead atoms. The van der Waals surface area contributed by atoms with Crippen molar-refractivity contribution in [2.45, 2.75) is 56.3 Å². The predicted octanol–water partition coefficient (Wildman–Crippen LogP) is 5.11. The zero-order chi connectivity index (χ0) is 26.2. The summed E-state index contributed by atoms with van der Waals surface area (Å²) in [6.45, 7) is 0.512. The van der Waals surface area contributed by atoms with Gasteiger partial charge in [-0.25, -0.2) is 8.42 Å². The molecule has 3 rings (SSSR count). The molecule has 1 heterocycles. The zero-order valence-corrected chi connectivity index (χ0v) is 21.0. The zero-order valence-electron chi connectivity index (χ0n) is 20.2. The van der Waals surface area contributed by atoms with Crippen LogP contribution in [-0.2, 0) is 26.1 Å². The molecule has 0 atom stereocenters. The van der Waals surface area contributed by atoms with E-state index in [4.69, 9.17) is 4.74 Å². The van der Waals surface area contributed by atoms with E-state index in [-0.39, 0.29) is 30.5 Å². The third kappa shape index (κ3) is 7.68. The third-order valence-electron chi connectivity index (χ3n) is 5.91. The Morgan fingerprint density at radius 1 is 0.944 bits per heavy atom. The Hall–Kier alpha value is -2.63. The molecule has 2 aromatic carbocycles. The van der Waals surface area contributed by atoms with E-state index in [1.807, 2.05) is 0 Å². The fourth-order valence-electron chi connectivity index (χ4n) is 4.21. The van der Waals surface area contributed by atoms with Crippen LogP contribution >= 0.6 is 0 Å². The molecule has 0 aliphatic carbocycles. The van der Waals surface area contributed by atoms with Gasteiger partial charge in [-0.15, -0.1) is 13.2 Å². The van der Waals surface area contributed by atoms with Crippen molar-refractivity contribution in [3.63, 3.8) is 0 Å². The first-order valence-electron chi connectivity index (χ1n) is 11.8. The van der Waals surface area contributed by atoms with Crippen molar-refractivity contribution in [3.8, 4) is 5.75 Å². The molecule has 0 spiro atoms. The average molecular weight is 529 g/mol. The molecule has 1 amide bonds. The Morgan fingerprint density at radius 3 is 2.31 bits per heavy atom. The predicted molar refractivity (Wildman–Crippen MR) is 129 cm³/mol. The number of carbonyl (C=O) groups is 1. The van der Waals surface area contributed by atoms with Gasteiger partial charge in [0.05, 0.1) is 4.90 Å². The Balaban J connectivity index is 2.00. The normalized spacial score (nSPS) is 16.8. The van der Waals surface area contributed by atoms with Crippen molar-refractivity contribution in [1.82, 2.24) is 4.31 Å². The quantitative estimate of drug-likeness (QED) is 0.539. The van der Waals surface area contributed by atoms with Crippen LogP contribution in [-0.4, -0.2) is 51.8 Å². The highest BCUT2D eigenvalue weighted by atomic mass is 32.2. The van der Waals surface area contributed by atoms with Gasteiger partial charge in [0.1, 0.15) is 12.4 Å². The fraction of sp³-hybridized carbons (Fsp3) is 0.480. The maximum atomic E-state index is 13.6. The Bertz CT molecular complexity index is 1120. The lowest BCUT2D eigenvalue weighted by Crippen LogP contribution is -2.37. The summed E-state index contributed by atoms with van der Waals surface area (Å²) in [5, 5.41) is 0. The summed E-state index contributed by atoms with van der Waals surface area (Å²) < 4.78 is 75.6. The number of alkyl halides is 3. The summed E-state index contributed by atoms with van der Waals surface area (Å²) >= 11 is 0. The molecule has 1 aliphatic heterocycles. The molecule has 0 radical (unpaired) electrons. The van der Waals surface area contributed by atoms with Crippen LogP contribution in [0.1, 0.15) is 44.1 Å². The second-order valence-electron chi connectivity index (χ2n) is 8.59. The number of methoxy groups -OCH3 is 1. The van der Waals surface area contributed by atoms with Gasteiger partial charge in [0.15, 0.2) is 0 Å². The lowest BCUT2D eigenvalue weighted by Gasteiger charge is -2.28. The monoisotopic (exact) mass is 528 g/mol. The summed E-state index contributed by atoms with van der Waals surface area (Å²) in [4.78, 5) is 14.2. The summed E-state index contributed by atoms with van der Waals surface area (Å²) in [6.07, 6.45) is 0.0964. The van der Waals surface area contributed by atoms with E-state index in [0.717, 1.165) is 44.2 Å². The van der Waals surface area contributed by atoms with Gasteiger partial charge in [0, 0.05) is 38.5 Å². The molecule has 198 valence electrons. The molecule has 0 unspecified atom stereocenters. The number of ether oxygens (including phenoxy) is 2. The van der Waals surface area contributed by atoms with Crippen LogP contribution in [0.25, 0.3) is 0 Å². The topological polar surface area (TPSA) is 76.2 Å². The minimum atomic E-state index is -4.94. The van der Waals surface area contributed by atoms with Crippen LogP contribution in [0.4, 0.5) is 18.9 Å². The number of hydrogen-bond acceptors (Lipinski definition) is 5. The van der Waals surface area contributed by atoms with E-state index in [0.29, 0.717) is 24.2 Å². The van der Waals surface area contributed by atoms with Gasteiger partial charge in [-0.1, -0.05) is 49.9 Å². The first-order valence-corrected chi connectivity index (χ1v) is 13.3. The van der Waals surface area contributed by atoms with Crippen molar-refractivity contribution < 1.29 is 35.9 Å². The van der Waals surface area contributed by atoms with Gasteiger partial charge < -0.3 is 14.4 Å². The number of nitrogens with zero attached hydrogens (tertiary/aromatic N) is 2. The van der Waals surface area contributed by atoms with E-state index >= 15 is 0 Å². The van der Waals surface area contributed by atoms with Crippen molar-refractivity contribution >= 4 is 21.6 Å². The number of halogens is 3. The van der Waals surface area contributed by atoms with Gasteiger partial charge >= 0.3 is 6.36 Å². The lowest BCUT2D eigenvalue weighted by atomic mass is 10.1. The first-order chi connectivity index (χ1) is 17.1. The first kappa shape index (κ1) is 27.9. The largest absolute Gasteiger partial charge is 0.573 e. The van der Waals surface area contributed by atoms with Crippen LogP contribution < -0.4 is 9.64 Å². The second-order valence-corrected chi connectivity index (χ2v) is 10.5. The highest BCUT2D eigenvalue weighted by molar-refractivity contribution is 7.89. The van der Waals surface area contributed by atoms with Crippen molar-refractivity contribution in [2.75, 3.05) is 31.7 Å². The van der Waals surface area contributed by atoms with Crippen LogP contribution in [0.3, 0.4) is 0 Å². The number of benzene rings is 2. The van der Waals surface area contributed by atoms with E-state index in [1.54, 1.807) is 29.2 Å². The maximum Gasteiger partial charge on any atom is 0.573 e. The maximum absolute atomic E-state index is 13.6. The average Bonchev–Trinajstić information content (AvgIpc) is 2.83. The Labute approximate surface area is 209 Å². The van der Waals surface area contributed by atoms with E-state index < -0.39 is 22.1 Å². The number of fused-ring (bicyclic) bond motifs is 1. The SMILES string of the molecule is COCC(=O)N1CCCCCCCCN(S(=O)(=O)c2cccc(OC(F)(F)F)c2)Cc2ccccc21. The number of sulfonamides is 1. The number of para-hydroxylation sites is 1. The molecule has 2 aromatic rings. The summed E-state index contributed by atoms with van der Waals surface area (Å²) in [6, 6.07) is 11.5. The molecule has 11 heteroatoms. The van der Waals surface area contributed by atoms with Crippen molar-refractivity contribution in [3.05, 3.63) is 54.1 Å². The van der Waals surface area contributed by atoms with Gasteiger partial charge in [0.25, 0.3) is 5.91 Å². The van der Waals surface area contributed by atoms with Gasteiger partial charge in [-0.2, -0.15) is 4.31 Å². The van der Waals surface area contributed by atoms with Crippen molar-refractivity contribution in [2.24, 2.45) is 0 Å². The number of rotatable bonds is 5. The molecule has 0 fully saturated rings. The third-order valence-corrected chi connectivity index (χ3v) is 7.76. The van der Waals surface area contributed by atoms with Gasteiger partial charge in [-0.05, 0) is 36.6 Å². The van der Waals surface area contributed by atoms with Crippen LogP contribution in [0.2, 0.25) is 0 Å². The van der Waals surface area contributed by atoms with Gasteiger partial charge in [0.2, 0.25) is 10.0 Å². The van der Waals surface area contributed by atoms with Crippen LogP contribution in [0.15, 0.2) is 53.4 Å². The molecule has 0 saturated carbocycles. The van der Waals surface area contributed by atoms with E-state index in [9.17, 15) is 26.4 Å². The fourth-order valence-corrected chi connectivity index (χ4v) is 5.70. The number of carbonyl (C=O) groups excluding carboxylic acids is 1. The molecule has 0 N–H and O–H groups in total. The minimum Gasteiger partial charge on any atom is -0.406 e. The Kier molecular flexibility index (Phi) is 9.75. The standard InChI is InChI=1S/C25H31F3N2O5S/c1-34-19-24(31)30-16-9-5-3-2-4-8-15-29(18-20-11-6-7-14-23(20)30)36(32,33)22-13-10-12-21(17-22)35-25(26,27)28/h6-7,10-14,17H,2-5,8-9,15-16,18-19H2,1H3. The highest BCUT2D eigenvalue weighted by Crippen LogP contribution is 2.30. The molecule has 0 saturated heterocycles. The molecule has 36 heavy (non-hydrogen) atoms. The minimum absolute atomic E-state index is 0.0420. The molecular weight excluding hydrogens is 497 g/mol. The molecular formula is C25H31F3N2O5S. The summed E-state index contributed by atoms with van der Waals surface area (Å²) in [7, 11) is -2.73. The lowest BCUT2D eigenvalue weighted by molar-refractivity contribution is -0.274. The molecule has 0 aromatic heterocycles. The van der Waals surface area contributed by atoms with Crippen molar-refractivity contribution in [1.29, 1.82) is 0 Å². The van der Waals surface area contributed by atoms with E-state index in [1.165, 1.54) is 23.5 Å². The Morgan fingerprint density at radius 2 is 1.61 bits per heavy atom. The smallest absolute Gasteiger partial charge is 0.406 e. The number of amides is 1. The highest BCUT2D eigenvalue weighted by Gasteiger charge is 2.32. The van der Waals surface area contributed by atoms with E-state index in [2.05, 4.69) is 4.74 Å². The van der Waals surface area contributed by atoms with Crippen LogP contribution in [0.5, 0.6) is 5.75 Å². The van der Waals surface area contributed by atoms with Gasteiger partial charge in [-0.3, -0.25) is 4.79 Å². The molecule has 7 nitrogen and oxygen atoms in total. The number of anilines is 1. The van der Waals surface area contributed by atoms with Crippen LogP contribution in [0, 0.1) is 0 Å². The summed E-state index contributed by atoms with van der Waals surface area (Å²) in [5.41, 5.74) is 1.21.